The molecule has 8 heteroatoms. The maximum atomic E-state index is 12.9. The first-order valence-corrected chi connectivity index (χ1v) is 13.5. The van der Waals surface area contributed by atoms with Crippen molar-refractivity contribution in [2.24, 2.45) is 0 Å². The fourth-order valence-electron chi connectivity index (χ4n) is 4.00. The highest BCUT2D eigenvalue weighted by Gasteiger charge is 2.15. The number of amides is 1. The zero-order chi connectivity index (χ0) is 25.6. The molecule has 0 saturated heterocycles. The third kappa shape index (κ3) is 5.80. The summed E-state index contributed by atoms with van der Waals surface area (Å²) in [4.78, 5) is 12.9. The molecule has 2 aromatic heterocycles. The summed E-state index contributed by atoms with van der Waals surface area (Å²) in [7, 11) is 0. The molecule has 5 aromatic rings. The second kappa shape index (κ2) is 11.2. The number of para-hydroxylation sites is 1. The molecule has 3 aromatic carbocycles. The number of anilines is 1. The normalized spacial score (nSPS) is 11.4. The Hall–Kier alpha value is -4.19. The number of nitriles is 1. The Morgan fingerprint density at radius 3 is 2.62 bits per heavy atom. The number of nitrogens with one attached hydrogen (secondary N) is 1. The number of fused-ring (bicyclic) bond motifs is 1. The number of aromatic nitrogens is 3. The van der Waals surface area contributed by atoms with Crippen LogP contribution in [0.1, 0.15) is 22.3 Å². The molecule has 1 amide bonds. The Bertz CT molecular complexity index is 1630. The van der Waals surface area contributed by atoms with Gasteiger partial charge in [0, 0.05) is 35.0 Å². The summed E-state index contributed by atoms with van der Waals surface area (Å²) in [5.41, 5.74) is 5.48. The van der Waals surface area contributed by atoms with Gasteiger partial charge in [0.1, 0.15) is 11.6 Å². The van der Waals surface area contributed by atoms with E-state index < -0.39 is 5.91 Å². The van der Waals surface area contributed by atoms with Gasteiger partial charge in [0.2, 0.25) is 5.13 Å². The smallest absolute Gasteiger partial charge is 0.268 e. The topological polar surface area (TPSA) is 83.6 Å². The molecule has 0 bridgehead atoms. The van der Waals surface area contributed by atoms with Crippen LogP contribution >= 0.6 is 23.1 Å². The van der Waals surface area contributed by atoms with Gasteiger partial charge in [-0.3, -0.25) is 10.1 Å². The highest BCUT2D eigenvalue weighted by atomic mass is 32.2. The SMILES string of the molecule is Cc1ccccc1CSc1nnc(NC(=O)/C(C#N)=C/c2cn(Cc3ccccc3)c3ccccc23)s1. The van der Waals surface area contributed by atoms with Gasteiger partial charge in [-0.25, -0.2) is 0 Å². The second-order valence-corrected chi connectivity index (χ2v) is 10.6. The van der Waals surface area contributed by atoms with E-state index in [9.17, 15) is 10.1 Å². The van der Waals surface area contributed by atoms with Gasteiger partial charge in [-0.15, -0.1) is 10.2 Å². The summed E-state index contributed by atoms with van der Waals surface area (Å²) in [6.45, 7) is 2.77. The highest BCUT2D eigenvalue weighted by molar-refractivity contribution is 8.00. The van der Waals surface area contributed by atoms with Crippen molar-refractivity contribution in [2.75, 3.05) is 5.32 Å². The maximum Gasteiger partial charge on any atom is 0.268 e. The average molecular weight is 522 g/mol. The van der Waals surface area contributed by atoms with Crippen LogP contribution in [0, 0.1) is 18.3 Å². The molecule has 0 atom stereocenters. The van der Waals surface area contributed by atoms with Crippen molar-refractivity contribution in [3.8, 4) is 6.07 Å². The molecule has 0 aliphatic carbocycles. The summed E-state index contributed by atoms with van der Waals surface area (Å²) < 4.78 is 2.89. The quantitative estimate of drug-likeness (QED) is 0.106. The molecule has 0 radical (unpaired) electrons. The minimum absolute atomic E-state index is 0.00641. The summed E-state index contributed by atoms with van der Waals surface area (Å²) in [6, 6.07) is 28.4. The number of thioether (sulfide) groups is 1. The first-order chi connectivity index (χ1) is 18.1. The summed E-state index contributed by atoms with van der Waals surface area (Å²) in [6.07, 6.45) is 3.61. The monoisotopic (exact) mass is 521 g/mol. The fraction of sp³-hybridized carbons (Fsp3) is 0.103. The molecular weight excluding hydrogens is 498 g/mol. The van der Waals surface area contributed by atoms with Crippen LogP contribution in [-0.4, -0.2) is 20.7 Å². The van der Waals surface area contributed by atoms with Crippen molar-refractivity contribution in [1.29, 1.82) is 5.26 Å². The molecule has 0 fully saturated rings. The van der Waals surface area contributed by atoms with Crippen molar-refractivity contribution in [1.82, 2.24) is 14.8 Å². The molecule has 0 aliphatic rings. The predicted octanol–water partition coefficient (Wildman–Crippen LogP) is 6.69. The Balaban J connectivity index is 1.32. The fourth-order valence-corrected chi connectivity index (χ4v) is 5.82. The Morgan fingerprint density at radius 2 is 1.81 bits per heavy atom. The first kappa shape index (κ1) is 24.5. The van der Waals surface area contributed by atoms with E-state index in [1.807, 2.05) is 66.9 Å². The van der Waals surface area contributed by atoms with Crippen LogP contribution in [0.15, 0.2) is 95.0 Å². The Morgan fingerprint density at radius 1 is 1.05 bits per heavy atom. The number of aryl methyl sites for hydroxylation is 1. The van der Waals surface area contributed by atoms with Crippen molar-refractivity contribution in [3.05, 3.63) is 113 Å². The van der Waals surface area contributed by atoms with Gasteiger partial charge < -0.3 is 4.57 Å². The number of nitrogens with zero attached hydrogens (tertiary/aromatic N) is 4. The van der Waals surface area contributed by atoms with Crippen molar-refractivity contribution in [2.45, 2.75) is 23.6 Å². The molecule has 182 valence electrons. The van der Waals surface area contributed by atoms with Crippen LogP contribution in [0.4, 0.5) is 5.13 Å². The largest absolute Gasteiger partial charge is 0.342 e. The van der Waals surface area contributed by atoms with E-state index in [-0.39, 0.29) is 5.57 Å². The number of benzene rings is 3. The zero-order valence-electron chi connectivity index (χ0n) is 20.1. The number of rotatable bonds is 8. The minimum Gasteiger partial charge on any atom is -0.342 e. The summed E-state index contributed by atoms with van der Waals surface area (Å²) in [5.74, 6) is 0.264. The molecule has 1 N–H and O–H groups in total. The first-order valence-electron chi connectivity index (χ1n) is 11.7. The summed E-state index contributed by atoms with van der Waals surface area (Å²) in [5, 5.41) is 22.1. The Labute approximate surface area is 223 Å². The number of carbonyl (C=O) groups excluding carboxylic acids is 1. The lowest BCUT2D eigenvalue weighted by Gasteiger charge is -2.05. The lowest BCUT2D eigenvalue weighted by Crippen LogP contribution is -2.13. The van der Waals surface area contributed by atoms with Crippen LogP contribution in [0.25, 0.3) is 17.0 Å². The van der Waals surface area contributed by atoms with Crippen molar-refractivity contribution in [3.63, 3.8) is 0 Å². The standard InChI is InChI=1S/C29H23N5OS2/c1-20-9-5-6-12-22(20)19-36-29-33-32-28(37-29)31-27(35)23(16-30)15-24-18-34(17-21-10-3-2-4-11-21)26-14-8-7-13-25(24)26/h2-15,18H,17,19H2,1H3,(H,31,32,35)/b23-15+. The van der Waals surface area contributed by atoms with Crippen LogP contribution in [0.2, 0.25) is 0 Å². The lowest BCUT2D eigenvalue weighted by molar-refractivity contribution is -0.112. The van der Waals surface area contributed by atoms with Gasteiger partial charge in [-0.1, -0.05) is 95.9 Å². The van der Waals surface area contributed by atoms with E-state index in [1.54, 1.807) is 17.8 Å². The number of carbonyl (C=O) groups is 1. The lowest BCUT2D eigenvalue weighted by atomic mass is 10.1. The van der Waals surface area contributed by atoms with Crippen LogP contribution in [-0.2, 0) is 17.1 Å². The van der Waals surface area contributed by atoms with Gasteiger partial charge in [-0.2, -0.15) is 5.26 Å². The van der Waals surface area contributed by atoms with E-state index >= 15 is 0 Å². The molecule has 37 heavy (non-hydrogen) atoms. The van der Waals surface area contributed by atoms with Crippen LogP contribution in [0.3, 0.4) is 0 Å². The third-order valence-corrected chi connectivity index (χ3v) is 7.94. The molecule has 0 unspecified atom stereocenters. The highest BCUT2D eigenvalue weighted by Crippen LogP contribution is 2.30. The number of hydrogen-bond acceptors (Lipinski definition) is 6. The van der Waals surface area contributed by atoms with E-state index in [4.69, 9.17) is 0 Å². The molecule has 0 aliphatic heterocycles. The third-order valence-electron chi connectivity index (χ3n) is 5.92. The molecular formula is C29H23N5OS2. The van der Waals surface area contributed by atoms with E-state index in [0.717, 1.165) is 26.6 Å². The second-order valence-electron chi connectivity index (χ2n) is 8.43. The van der Waals surface area contributed by atoms with Crippen LogP contribution < -0.4 is 5.32 Å². The molecule has 5 rings (SSSR count). The van der Waals surface area contributed by atoms with Gasteiger partial charge in [0.15, 0.2) is 4.34 Å². The molecule has 6 nitrogen and oxygen atoms in total. The van der Waals surface area contributed by atoms with Crippen molar-refractivity contribution < 1.29 is 4.79 Å². The molecule has 2 heterocycles. The van der Waals surface area contributed by atoms with Gasteiger partial charge in [-0.05, 0) is 35.8 Å². The predicted molar refractivity (Wildman–Crippen MR) is 150 cm³/mol. The van der Waals surface area contributed by atoms with E-state index in [0.29, 0.717) is 11.7 Å². The Kier molecular flexibility index (Phi) is 7.45. The maximum absolute atomic E-state index is 12.9. The summed E-state index contributed by atoms with van der Waals surface area (Å²) >= 11 is 2.86. The van der Waals surface area contributed by atoms with Gasteiger partial charge in [0.05, 0.1) is 0 Å². The average Bonchev–Trinajstić information content (AvgIpc) is 3.51. The van der Waals surface area contributed by atoms with Gasteiger partial charge in [0.25, 0.3) is 5.91 Å². The minimum atomic E-state index is -0.506. The van der Waals surface area contributed by atoms with E-state index in [1.165, 1.54) is 28.0 Å². The molecule has 0 saturated carbocycles. The number of hydrogen-bond donors (Lipinski definition) is 1. The van der Waals surface area contributed by atoms with E-state index in [2.05, 4.69) is 51.3 Å². The van der Waals surface area contributed by atoms with Crippen LogP contribution in [0.5, 0.6) is 0 Å². The van der Waals surface area contributed by atoms with Crippen molar-refractivity contribution >= 4 is 51.1 Å². The van der Waals surface area contributed by atoms with Gasteiger partial charge >= 0.3 is 0 Å². The molecule has 0 spiro atoms. The zero-order valence-corrected chi connectivity index (χ0v) is 21.7.